The summed E-state index contributed by atoms with van der Waals surface area (Å²) in [6.07, 6.45) is 2.06. The summed E-state index contributed by atoms with van der Waals surface area (Å²) >= 11 is 0. The molecule has 1 amide bonds. The number of carbonyl (C=O) groups excluding carboxylic acids is 1. The number of nitrogens with one attached hydrogen (secondary N) is 1. The molecular formula is C15H23ClN2O2. The maximum Gasteiger partial charge on any atom is 0.248 e. The van der Waals surface area contributed by atoms with Gasteiger partial charge in [-0.3, -0.25) is 4.79 Å². The van der Waals surface area contributed by atoms with Gasteiger partial charge in [-0.15, -0.1) is 12.4 Å². The van der Waals surface area contributed by atoms with Crippen molar-refractivity contribution in [2.24, 2.45) is 0 Å². The normalized spacial score (nSPS) is 15.4. The lowest BCUT2D eigenvalue weighted by Gasteiger charge is -2.31. The summed E-state index contributed by atoms with van der Waals surface area (Å²) in [6.45, 7) is 2.64. The summed E-state index contributed by atoms with van der Waals surface area (Å²) < 4.78 is 5.49. The maximum absolute atomic E-state index is 12.0. The van der Waals surface area contributed by atoms with E-state index in [1.54, 1.807) is 0 Å². The fraction of sp³-hybridized carbons (Fsp3) is 0.533. The van der Waals surface area contributed by atoms with Gasteiger partial charge in [-0.05, 0) is 31.5 Å². The Morgan fingerprint density at radius 3 is 2.60 bits per heavy atom. The number of hydrogen-bond donors (Lipinski definition) is 1. The molecule has 1 aliphatic rings. The van der Waals surface area contributed by atoms with Crippen LogP contribution in [0.4, 0.5) is 0 Å². The Morgan fingerprint density at radius 2 is 1.95 bits per heavy atom. The molecule has 1 aliphatic heterocycles. The number of amides is 1. The lowest BCUT2D eigenvalue weighted by atomic mass is 10.1. The van der Waals surface area contributed by atoms with Gasteiger partial charge in [0.25, 0.3) is 0 Å². The van der Waals surface area contributed by atoms with Crippen molar-refractivity contribution in [3.63, 3.8) is 0 Å². The van der Waals surface area contributed by atoms with Crippen molar-refractivity contribution in [3.05, 3.63) is 35.9 Å². The molecule has 1 heterocycles. The van der Waals surface area contributed by atoms with Crippen LogP contribution in [0.3, 0.4) is 0 Å². The topological polar surface area (TPSA) is 41.6 Å². The van der Waals surface area contributed by atoms with Crippen LogP contribution in [0.15, 0.2) is 30.3 Å². The average Bonchev–Trinajstić information content (AvgIpc) is 2.48. The fourth-order valence-corrected chi connectivity index (χ4v) is 2.33. The summed E-state index contributed by atoms with van der Waals surface area (Å²) in [5, 5.41) is 3.30. The van der Waals surface area contributed by atoms with E-state index in [-0.39, 0.29) is 24.9 Å². The molecule has 0 spiro atoms. The SMILES string of the molecule is CN(C(=O)COCc1ccccc1)C1CCNCC1.Cl. The van der Waals surface area contributed by atoms with Crippen molar-refractivity contribution in [2.45, 2.75) is 25.5 Å². The Hall–Kier alpha value is -1.10. The highest BCUT2D eigenvalue weighted by atomic mass is 35.5. The van der Waals surface area contributed by atoms with Crippen molar-refractivity contribution in [3.8, 4) is 0 Å². The zero-order valence-electron chi connectivity index (χ0n) is 11.9. The first kappa shape index (κ1) is 17.0. The van der Waals surface area contributed by atoms with Crippen molar-refractivity contribution in [1.82, 2.24) is 10.2 Å². The largest absolute Gasteiger partial charge is 0.367 e. The second-order valence-corrected chi connectivity index (χ2v) is 4.96. The molecule has 0 bridgehead atoms. The number of nitrogens with zero attached hydrogens (tertiary/aromatic N) is 1. The van der Waals surface area contributed by atoms with Gasteiger partial charge < -0.3 is 15.0 Å². The molecule has 20 heavy (non-hydrogen) atoms. The van der Waals surface area contributed by atoms with Gasteiger partial charge in [0.1, 0.15) is 6.61 Å². The van der Waals surface area contributed by atoms with Crippen molar-refractivity contribution in [1.29, 1.82) is 0 Å². The molecule has 5 heteroatoms. The van der Waals surface area contributed by atoms with Gasteiger partial charge in [0.15, 0.2) is 0 Å². The number of benzene rings is 1. The van der Waals surface area contributed by atoms with Crippen LogP contribution in [0.1, 0.15) is 18.4 Å². The van der Waals surface area contributed by atoms with E-state index in [4.69, 9.17) is 4.74 Å². The molecule has 1 fully saturated rings. The van der Waals surface area contributed by atoms with Crippen LogP contribution in [0.5, 0.6) is 0 Å². The van der Waals surface area contributed by atoms with E-state index in [0.29, 0.717) is 12.6 Å². The van der Waals surface area contributed by atoms with Crippen molar-refractivity contribution >= 4 is 18.3 Å². The summed E-state index contributed by atoms with van der Waals surface area (Å²) in [5.41, 5.74) is 1.10. The first-order valence-electron chi connectivity index (χ1n) is 6.85. The Balaban J connectivity index is 0.00000200. The molecule has 1 saturated heterocycles. The summed E-state index contributed by atoms with van der Waals surface area (Å²) in [7, 11) is 1.88. The number of rotatable bonds is 5. The molecule has 2 rings (SSSR count). The molecule has 0 saturated carbocycles. The van der Waals surface area contributed by atoms with Crippen LogP contribution in [-0.4, -0.2) is 43.6 Å². The van der Waals surface area contributed by atoms with Gasteiger partial charge in [-0.2, -0.15) is 0 Å². The number of hydrogen-bond acceptors (Lipinski definition) is 3. The van der Waals surface area contributed by atoms with Crippen LogP contribution in [0.2, 0.25) is 0 Å². The summed E-state index contributed by atoms with van der Waals surface area (Å²) in [5.74, 6) is 0.0721. The predicted octanol–water partition coefficient (Wildman–Crippen LogP) is 1.84. The van der Waals surface area contributed by atoms with Gasteiger partial charge >= 0.3 is 0 Å². The second-order valence-electron chi connectivity index (χ2n) is 4.96. The van der Waals surface area contributed by atoms with Crippen LogP contribution in [0, 0.1) is 0 Å². The fourth-order valence-electron chi connectivity index (χ4n) is 2.33. The molecule has 0 radical (unpaired) electrons. The third kappa shape index (κ3) is 5.12. The van der Waals surface area contributed by atoms with Crippen LogP contribution >= 0.6 is 12.4 Å². The minimum absolute atomic E-state index is 0. The zero-order valence-corrected chi connectivity index (χ0v) is 12.7. The lowest BCUT2D eigenvalue weighted by molar-refractivity contribution is -0.137. The predicted molar refractivity (Wildman–Crippen MR) is 82.0 cm³/mol. The lowest BCUT2D eigenvalue weighted by Crippen LogP contribution is -2.45. The minimum atomic E-state index is 0. The van der Waals surface area contributed by atoms with Crippen molar-refractivity contribution in [2.75, 3.05) is 26.7 Å². The standard InChI is InChI=1S/C15H22N2O2.ClH/c1-17(14-7-9-16-10-8-14)15(18)12-19-11-13-5-3-2-4-6-13;/h2-6,14,16H,7-12H2,1H3;1H. The van der Waals surface area contributed by atoms with Gasteiger partial charge in [-0.1, -0.05) is 30.3 Å². The highest BCUT2D eigenvalue weighted by Gasteiger charge is 2.21. The molecule has 4 nitrogen and oxygen atoms in total. The molecular weight excluding hydrogens is 276 g/mol. The monoisotopic (exact) mass is 298 g/mol. The first-order valence-corrected chi connectivity index (χ1v) is 6.85. The van der Waals surface area contributed by atoms with Crippen LogP contribution < -0.4 is 5.32 Å². The van der Waals surface area contributed by atoms with Gasteiger partial charge in [-0.25, -0.2) is 0 Å². The average molecular weight is 299 g/mol. The Morgan fingerprint density at radius 1 is 1.30 bits per heavy atom. The highest BCUT2D eigenvalue weighted by Crippen LogP contribution is 2.10. The van der Waals surface area contributed by atoms with E-state index in [9.17, 15) is 4.79 Å². The molecule has 1 N–H and O–H groups in total. The smallest absolute Gasteiger partial charge is 0.248 e. The number of piperidine rings is 1. The van der Waals surface area contributed by atoms with E-state index in [2.05, 4.69) is 5.32 Å². The minimum Gasteiger partial charge on any atom is -0.367 e. The second kappa shape index (κ2) is 8.95. The zero-order chi connectivity index (χ0) is 13.5. The van der Waals surface area contributed by atoms with Gasteiger partial charge in [0, 0.05) is 13.1 Å². The van der Waals surface area contributed by atoms with E-state index >= 15 is 0 Å². The number of ether oxygens (including phenoxy) is 1. The number of likely N-dealkylation sites (N-methyl/N-ethyl adjacent to an activating group) is 1. The molecule has 0 aliphatic carbocycles. The van der Waals surface area contributed by atoms with Gasteiger partial charge in [0.05, 0.1) is 6.61 Å². The number of halogens is 1. The van der Waals surface area contributed by atoms with E-state index in [1.165, 1.54) is 0 Å². The third-order valence-corrected chi connectivity index (χ3v) is 3.59. The highest BCUT2D eigenvalue weighted by molar-refractivity contribution is 5.85. The molecule has 112 valence electrons. The molecule has 1 aromatic rings. The van der Waals surface area contributed by atoms with E-state index in [1.807, 2.05) is 42.3 Å². The first-order chi connectivity index (χ1) is 9.27. The molecule has 0 atom stereocenters. The molecule has 0 aromatic heterocycles. The molecule has 0 unspecified atom stereocenters. The maximum atomic E-state index is 12.0. The molecule has 1 aromatic carbocycles. The quantitative estimate of drug-likeness (QED) is 0.902. The Bertz CT molecular complexity index is 394. The van der Waals surface area contributed by atoms with Crippen LogP contribution in [-0.2, 0) is 16.1 Å². The van der Waals surface area contributed by atoms with E-state index in [0.717, 1.165) is 31.5 Å². The Labute approximate surface area is 126 Å². The van der Waals surface area contributed by atoms with E-state index < -0.39 is 0 Å². The van der Waals surface area contributed by atoms with Gasteiger partial charge in [0.2, 0.25) is 5.91 Å². The summed E-state index contributed by atoms with van der Waals surface area (Å²) in [4.78, 5) is 13.9. The third-order valence-electron chi connectivity index (χ3n) is 3.59. The van der Waals surface area contributed by atoms with Crippen molar-refractivity contribution < 1.29 is 9.53 Å². The number of carbonyl (C=O) groups is 1. The van der Waals surface area contributed by atoms with Crippen LogP contribution in [0.25, 0.3) is 0 Å². The Kier molecular flexibility index (Phi) is 7.59. The summed E-state index contributed by atoms with van der Waals surface area (Å²) in [6, 6.07) is 10.3.